The smallest absolute Gasteiger partial charge is 0.408 e. The van der Waals surface area contributed by atoms with E-state index < -0.39 is 59.7 Å². The molecule has 0 aliphatic rings. The second kappa shape index (κ2) is 13.8. The van der Waals surface area contributed by atoms with Gasteiger partial charge in [0.1, 0.15) is 12.2 Å². The molecule has 41 heavy (non-hydrogen) atoms. The fourth-order valence-electron chi connectivity index (χ4n) is 3.90. The van der Waals surface area contributed by atoms with Crippen molar-refractivity contribution in [2.45, 2.75) is 71.4 Å². The topological polar surface area (TPSA) is 168 Å². The number of rotatable bonds is 12. The first-order chi connectivity index (χ1) is 19.4. The number of carbonyl (C=O) groups is 4. The summed E-state index contributed by atoms with van der Waals surface area (Å²) in [7, 11) is 0. The van der Waals surface area contributed by atoms with Gasteiger partial charge in [-0.25, -0.2) is 4.79 Å². The van der Waals surface area contributed by atoms with Gasteiger partial charge < -0.3 is 20.5 Å². The number of hydrogen-bond donors (Lipinski definition) is 2. The monoisotopic (exact) mass is 564 g/mol. The molecule has 0 aliphatic heterocycles. The van der Waals surface area contributed by atoms with E-state index in [1.165, 1.54) is 0 Å². The van der Waals surface area contributed by atoms with Crippen LogP contribution in [0.4, 0.5) is 4.79 Å². The molecule has 3 aromatic rings. The van der Waals surface area contributed by atoms with Gasteiger partial charge in [0, 0.05) is 5.56 Å². The quantitative estimate of drug-likeness (QED) is 0.246. The van der Waals surface area contributed by atoms with Crippen LogP contribution in [0, 0.1) is 5.92 Å². The van der Waals surface area contributed by atoms with Crippen molar-refractivity contribution in [1.29, 1.82) is 0 Å². The fraction of sp³-hybridized carbons (Fsp3) is 0.414. The number of amides is 1. The lowest BCUT2D eigenvalue weighted by molar-refractivity contribution is -0.156. The van der Waals surface area contributed by atoms with E-state index in [1.807, 2.05) is 24.3 Å². The van der Waals surface area contributed by atoms with Crippen LogP contribution < -0.4 is 11.1 Å². The molecular formula is C29H36N6O6. The summed E-state index contributed by atoms with van der Waals surface area (Å²) in [4.78, 5) is 53.5. The molecule has 0 saturated heterocycles. The van der Waals surface area contributed by atoms with Crippen molar-refractivity contribution in [2.24, 2.45) is 11.7 Å². The minimum absolute atomic E-state index is 0.0140. The van der Waals surface area contributed by atoms with Gasteiger partial charge in [-0.15, -0.1) is 15.0 Å². The molecule has 0 spiro atoms. The van der Waals surface area contributed by atoms with E-state index in [-0.39, 0.29) is 12.4 Å². The molecule has 1 aromatic heterocycles. The highest BCUT2D eigenvalue weighted by atomic mass is 16.6. The standard InChI is InChI=1S/C29H36N6O6/c1-18(2)23(31-28(39)40-17-19-12-8-6-9-13-19)26(38)24(25(37)21(30)16-22(36)41-29(3,4)5)35-33-27(32-34-35)20-14-10-7-11-15-20/h6-15,18,21,23-24H,16-17,30H2,1-5H3,(H,31,39)/t21?,23-,24?/m0/s1. The number of aromatic nitrogens is 4. The van der Waals surface area contributed by atoms with Crippen molar-refractivity contribution in [3.05, 3.63) is 66.2 Å². The van der Waals surface area contributed by atoms with E-state index in [0.717, 1.165) is 10.4 Å². The predicted octanol–water partition coefficient (Wildman–Crippen LogP) is 3.03. The molecule has 12 nitrogen and oxygen atoms in total. The summed E-state index contributed by atoms with van der Waals surface area (Å²) in [6.07, 6.45) is -1.32. The largest absolute Gasteiger partial charge is 0.460 e. The highest BCUT2D eigenvalue weighted by Crippen LogP contribution is 2.20. The molecule has 2 aromatic carbocycles. The van der Waals surface area contributed by atoms with Gasteiger partial charge in [-0.05, 0) is 37.5 Å². The van der Waals surface area contributed by atoms with Gasteiger partial charge in [0.15, 0.2) is 17.6 Å². The molecule has 0 saturated carbocycles. The summed E-state index contributed by atoms with van der Waals surface area (Å²) in [6, 6.07) is 13.6. The van der Waals surface area contributed by atoms with Crippen LogP contribution in [0.15, 0.2) is 60.7 Å². The second-order valence-corrected chi connectivity index (χ2v) is 10.8. The Kier molecular flexibility index (Phi) is 10.4. The number of Topliss-reactive ketones (excluding diaryl/α,β-unsaturated/α-hetero) is 2. The zero-order chi connectivity index (χ0) is 30.2. The minimum atomic E-state index is -1.68. The lowest BCUT2D eigenvalue weighted by Gasteiger charge is -2.26. The minimum Gasteiger partial charge on any atom is -0.460 e. The summed E-state index contributed by atoms with van der Waals surface area (Å²) >= 11 is 0. The maximum absolute atomic E-state index is 13.9. The maximum Gasteiger partial charge on any atom is 0.408 e. The van der Waals surface area contributed by atoms with Gasteiger partial charge >= 0.3 is 12.1 Å². The number of tetrazole rings is 1. The van der Waals surface area contributed by atoms with Crippen LogP contribution in [0.1, 0.15) is 52.6 Å². The van der Waals surface area contributed by atoms with Crippen LogP contribution in [0.3, 0.4) is 0 Å². The maximum atomic E-state index is 13.9. The molecule has 3 N–H and O–H groups in total. The van der Waals surface area contributed by atoms with Gasteiger partial charge in [-0.2, -0.15) is 0 Å². The van der Waals surface area contributed by atoms with Crippen LogP contribution in [0.5, 0.6) is 0 Å². The lowest BCUT2D eigenvalue weighted by Crippen LogP contribution is -2.52. The Morgan fingerprint density at radius 3 is 2.15 bits per heavy atom. The Morgan fingerprint density at radius 1 is 0.951 bits per heavy atom. The predicted molar refractivity (Wildman–Crippen MR) is 149 cm³/mol. The third-order valence-electron chi connectivity index (χ3n) is 5.86. The molecule has 1 amide bonds. The number of carbonyl (C=O) groups excluding carboxylic acids is 4. The number of benzene rings is 2. The van der Waals surface area contributed by atoms with Gasteiger partial charge in [-0.1, -0.05) is 74.5 Å². The van der Waals surface area contributed by atoms with Crippen molar-refractivity contribution in [2.75, 3.05) is 0 Å². The number of nitrogens with one attached hydrogen (secondary N) is 1. The number of nitrogens with two attached hydrogens (primary N) is 1. The van der Waals surface area contributed by atoms with Crippen molar-refractivity contribution in [3.8, 4) is 11.4 Å². The third kappa shape index (κ3) is 9.04. The van der Waals surface area contributed by atoms with Crippen LogP contribution in [0.25, 0.3) is 11.4 Å². The van der Waals surface area contributed by atoms with Crippen LogP contribution >= 0.6 is 0 Å². The number of ketones is 2. The highest BCUT2D eigenvalue weighted by Gasteiger charge is 2.41. The first-order valence-corrected chi connectivity index (χ1v) is 13.2. The molecule has 12 heteroatoms. The van der Waals surface area contributed by atoms with Crippen molar-refractivity contribution in [1.82, 2.24) is 25.5 Å². The van der Waals surface area contributed by atoms with Crippen LogP contribution in [0.2, 0.25) is 0 Å². The summed E-state index contributed by atoms with van der Waals surface area (Å²) < 4.78 is 10.6. The average Bonchev–Trinajstić information content (AvgIpc) is 3.40. The summed E-state index contributed by atoms with van der Waals surface area (Å²) in [5.41, 5.74) is 6.70. The fourth-order valence-corrected chi connectivity index (χ4v) is 3.90. The highest BCUT2D eigenvalue weighted by molar-refractivity contribution is 6.09. The Bertz CT molecular complexity index is 1340. The molecule has 0 radical (unpaired) electrons. The molecule has 0 aliphatic carbocycles. The average molecular weight is 565 g/mol. The first kappa shape index (κ1) is 31.1. The van der Waals surface area contributed by atoms with Crippen LogP contribution in [-0.2, 0) is 30.5 Å². The Labute approximate surface area is 238 Å². The van der Waals surface area contributed by atoms with E-state index in [4.69, 9.17) is 15.2 Å². The van der Waals surface area contributed by atoms with E-state index in [0.29, 0.717) is 5.56 Å². The van der Waals surface area contributed by atoms with Gasteiger partial charge in [0.25, 0.3) is 0 Å². The zero-order valence-corrected chi connectivity index (χ0v) is 23.8. The number of nitrogens with zero attached hydrogens (tertiary/aromatic N) is 4. The summed E-state index contributed by atoms with van der Waals surface area (Å²) in [6.45, 7) is 8.44. The number of alkyl carbamates (subject to hydrolysis) is 1. The molecule has 0 fully saturated rings. The Morgan fingerprint density at radius 2 is 1.56 bits per heavy atom. The Hall–Kier alpha value is -4.45. The number of ether oxygens (including phenoxy) is 2. The summed E-state index contributed by atoms with van der Waals surface area (Å²) in [5.74, 6) is -2.56. The van der Waals surface area contributed by atoms with E-state index in [9.17, 15) is 19.2 Å². The SMILES string of the molecule is CC(C)[C@H](NC(=O)OCc1ccccc1)C(=O)C(C(=O)C(N)CC(=O)OC(C)(C)C)n1nnc(-c2ccccc2)n1. The normalized spacial score (nSPS) is 13.6. The molecule has 0 bridgehead atoms. The van der Waals surface area contributed by atoms with E-state index in [1.54, 1.807) is 71.0 Å². The third-order valence-corrected chi connectivity index (χ3v) is 5.86. The lowest BCUT2D eigenvalue weighted by atomic mass is 9.90. The zero-order valence-electron chi connectivity index (χ0n) is 23.8. The molecule has 3 atom stereocenters. The molecular weight excluding hydrogens is 528 g/mol. The first-order valence-electron chi connectivity index (χ1n) is 13.2. The van der Waals surface area contributed by atoms with Crippen molar-refractivity contribution in [3.63, 3.8) is 0 Å². The molecule has 218 valence electrons. The number of esters is 1. The molecule has 1 heterocycles. The van der Waals surface area contributed by atoms with Crippen LogP contribution in [-0.4, -0.2) is 61.5 Å². The Balaban J connectivity index is 1.87. The van der Waals surface area contributed by atoms with Gasteiger partial charge in [0.05, 0.1) is 18.5 Å². The van der Waals surface area contributed by atoms with Gasteiger partial charge in [0.2, 0.25) is 5.82 Å². The van der Waals surface area contributed by atoms with Crippen molar-refractivity contribution < 1.29 is 28.7 Å². The van der Waals surface area contributed by atoms with E-state index in [2.05, 4.69) is 20.7 Å². The molecule has 2 unspecified atom stereocenters. The number of hydrogen-bond acceptors (Lipinski definition) is 10. The summed E-state index contributed by atoms with van der Waals surface area (Å²) in [5, 5.41) is 14.8. The van der Waals surface area contributed by atoms with Gasteiger partial charge in [-0.3, -0.25) is 14.4 Å². The molecule has 3 rings (SSSR count). The van der Waals surface area contributed by atoms with E-state index >= 15 is 0 Å². The van der Waals surface area contributed by atoms with Crippen molar-refractivity contribution >= 4 is 23.6 Å². The second-order valence-electron chi connectivity index (χ2n) is 10.8.